The molecule has 1 aliphatic rings. The number of anilines is 1. The van der Waals surface area contributed by atoms with Gasteiger partial charge >= 0.3 is 0 Å². The molecule has 1 fully saturated rings. The number of hydrogen-bond acceptors (Lipinski definition) is 5. The van der Waals surface area contributed by atoms with Crippen molar-refractivity contribution in [1.82, 2.24) is 9.88 Å². The van der Waals surface area contributed by atoms with E-state index in [4.69, 9.17) is 4.74 Å². The number of pyridine rings is 1. The van der Waals surface area contributed by atoms with Gasteiger partial charge in [0.2, 0.25) is 0 Å². The van der Waals surface area contributed by atoms with E-state index in [1.165, 1.54) is 0 Å². The highest BCUT2D eigenvalue weighted by Gasteiger charge is 2.20. The Bertz CT molecular complexity index is 501. The van der Waals surface area contributed by atoms with Gasteiger partial charge in [-0.25, -0.2) is 0 Å². The largest absolute Gasteiger partial charge is 0.383 e. The predicted octanol–water partition coefficient (Wildman–Crippen LogP) is 1.34. The fourth-order valence-corrected chi connectivity index (χ4v) is 2.63. The molecular weight excluding hydrogens is 252 g/mol. The Balaban J connectivity index is 2.09. The lowest BCUT2D eigenvalue weighted by Gasteiger charge is -2.36. The molecule has 1 aromatic rings. The first kappa shape index (κ1) is 14.8. The van der Waals surface area contributed by atoms with Crippen LogP contribution in [0.3, 0.4) is 0 Å². The van der Waals surface area contributed by atoms with Crippen molar-refractivity contribution in [3.8, 4) is 6.07 Å². The number of aryl methyl sites for hydroxylation is 2. The number of ether oxygens (including phenoxy) is 1. The van der Waals surface area contributed by atoms with Gasteiger partial charge in [0.05, 0.1) is 23.6 Å². The predicted molar refractivity (Wildman–Crippen MR) is 79.0 cm³/mol. The maximum Gasteiger partial charge on any atom is 0.103 e. The first-order chi connectivity index (χ1) is 9.65. The van der Waals surface area contributed by atoms with E-state index in [1.807, 2.05) is 19.9 Å². The third-order valence-electron chi connectivity index (χ3n) is 3.74. The molecule has 0 atom stereocenters. The SMILES string of the molecule is COCCN1CCN(c2cc(C)nc(C)c2C#N)CC1. The number of aromatic nitrogens is 1. The average molecular weight is 274 g/mol. The summed E-state index contributed by atoms with van der Waals surface area (Å²) in [5.74, 6) is 0. The van der Waals surface area contributed by atoms with Crippen molar-refractivity contribution in [2.45, 2.75) is 13.8 Å². The molecule has 2 rings (SSSR count). The number of nitriles is 1. The quantitative estimate of drug-likeness (QED) is 0.829. The summed E-state index contributed by atoms with van der Waals surface area (Å²) in [6.45, 7) is 9.54. The van der Waals surface area contributed by atoms with Crippen LogP contribution in [0, 0.1) is 25.2 Å². The summed E-state index contributed by atoms with van der Waals surface area (Å²) in [7, 11) is 1.73. The van der Waals surface area contributed by atoms with E-state index in [-0.39, 0.29) is 0 Å². The third-order valence-corrected chi connectivity index (χ3v) is 3.74. The molecule has 0 unspecified atom stereocenters. The molecule has 0 amide bonds. The summed E-state index contributed by atoms with van der Waals surface area (Å²) in [6.07, 6.45) is 0. The zero-order valence-corrected chi connectivity index (χ0v) is 12.5. The Morgan fingerprint density at radius 3 is 2.60 bits per heavy atom. The first-order valence-electron chi connectivity index (χ1n) is 7.00. The minimum atomic E-state index is 0.709. The van der Waals surface area contributed by atoms with E-state index in [0.29, 0.717) is 5.56 Å². The van der Waals surface area contributed by atoms with Gasteiger partial charge in [-0.2, -0.15) is 5.26 Å². The molecule has 0 bridgehead atoms. The highest BCUT2D eigenvalue weighted by atomic mass is 16.5. The lowest BCUT2D eigenvalue weighted by molar-refractivity contribution is 0.144. The minimum Gasteiger partial charge on any atom is -0.383 e. The van der Waals surface area contributed by atoms with Gasteiger partial charge in [0.25, 0.3) is 0 Å². The third kappa shape index (κ3) is 3.27. The van der Waals surface area contributed by atoms with Crippen molar-refractivity contribution in [3.05, 3.63) is 23.0 Å². The van der Waals surface area contributed by atoms with Gasteiger partial charge < -0.3 is 9.64 Å². The van der Waals surface area contributed by atoms with Crippen molar-refractivity contribution >= 4 is 5.69 Å². The highest BCUT2D eigenvalue weighted by Crippen LogP contribution is 2.24. The Morgan fingerprint density at radius 2 is 2.00 bits per heavy atom. The zero-order chi connectivity index (χ0) is 14.5. The van der Waals surface area contributed by atoms with Crippen LogP contribution in [0.15, 0.2) is 6.07 Å². The van der Waals surface area contributed by atoms with Crippen LogP contribution in [0.2, 0.25) is 0 Å². The van der Waals surface area contributed by atoms with Gasteiger partial charge in [0, 0.05) is 45.5 Å². The van der Waals surface area contributed by atoms with E-state index in [1.54, 1.807) is 7.11 Å². The zero-order valence-electron chi connectivity index (χ0n) is 12.5. The number of hydrogen-bond donors (Lipinski definition) is 0. The summed E-state index contributed by atoms with van der Waals surface area (Å²) < 4.78 is 5.12. The van der Waals surface area contributed by atoms with E-state index >= 15 is 0 Å². The van der Waals surface area contributed by atoms with Crippen LogP contribution in [-0.4, -0.2) is 56.3 Å². The molecule has 0 spiro atoms. The summed E-state index contributed by atoms with van der Waals surface area (Å²) in [5, 5.41) is 9.35. The second-order valence-corrected chi connectivity index (χ2v) is 5.18. The lowest BCUT2D eigenvalue weighted by Crippen LogP contribution is -2.47. The number of methoxy groups -OCH3 is 1. The second kappa shape index (κ2) is 6.69. The van der Waals surface area contributed by atoms with Crippen LogP contribution in [-0.2, 0) is 4.74 Å². The van der Waals surface area contributed by atoms with Crippen molar-refractivity contribution < 1.29 is 4.74 Å². The molecule has 5 heteroatoms. The van der Waals surface area contributed by atoms with Crippen molar-refractivity contribution in [3.63, 3.8) is 0 Å². The topological polar surface area (TPSA) is 52.4 Å². The Labute approximate surface area is 120 Å². The molecule has 1 aromatic heterocycles. The van der Waals surface area contributed by atoms with Gasteiger partial charge in [-0.15, -0.1) is 0 Å². The molecule has 5 nitrogen and oxygen atoms in total. The molecule has 108 valence electrons. The van der Waals surface area contributed by atoms with Gasteiger partial charge in [-0.3, -0.25) is 9.88 Å². The standard InChI is InChI=1S/C15H22N4O/c1-12-10-15(14(11-16)13(2)17-12)19-6-4-18(5-7-19)8-9-20-3/h10H,4-9H2,1-3H3. The Morgan fingerprint density at radius 1 is 1.30 bits per heavy atom. The molecule has 0 saturated carbocycles. The smallest absolute Gasteiger partial charge is 0.103 e. The fourth-order valence-electron chi connectivity index (χ4n) is 2.63. The molecule has 1 saturated heterocycles. The molecule has 0 N–H and O–H groups in total. The van der Waals surface area contributed by atoms with Crippen molar-refractivity contribution in [2.75, 3.05) is 51.3 Å². The van der Waals surface area contributed by atoms with Crippen LogP contribution >= 0.6 is 0 Å². The molecule has 0 aliphatic carbocycles. The molecule has 2 heterocycles. The van der Waals surface area contributed by atoms with Gasteiger partial charge in [0.1, 0.15) is 6.07 Å². The number of rotatable bonds is 4. The summed E-state index contributed by atoms with van der Waals surface area (Å²) in [4.78, 5) is 9.07. The molecule has 0 radical (unpaired) electrons. The van der Waals surface area contributed by atoms with E-state index in [0.717, 1.165) is 56.4 Å². The van der Waals surface area contributed by atoms with Crippen LogP contribution < -0.4 is 4.90 Å². The Hall–Kier alpha value is -1.64. The molecule has 1 aliphatic heterocycles. The lowest BCUT2D eigenvalue weighted by atomic mass is 10.1. The van der Waals surface area contributed by atoms with Crippen LogP contribution in [0.25, 0.3) is 0 Å². The Kier molecular flexibility index (Phi) is 4.94. The molecular formula is C15H22N4O. The van der Waals surface area contributed by atoms with Crippen LogP contribution in [0.5, 0.6) is 0 Å². The maximum atomic E-state index is 9.35. The van der Waals surface area contributed by atoms with Crippen molar-refractivity contribution in [1.29, 1.82) is 5.26 Å². The molecule has 20 heavy (non-hydrogen) atoms. The summed E-state index contributed by atoms with van der Waals surface area (Å²) in [6, 6.07) is 4.32. The first-order valence-corrected chi connectivity index (χ1v) is 7.00. The number of nitrogens with zero attached hydrogens (tertiary/aromatic N) is 4. The van der Waals surface area contributed by atoms with Gasteiger partial charge in [-0.1, -0.05) is 0 Å². The van der Waals surface area contributed by atoms with Gasteiger partial charge in [0.15, 0.2) is 0 Å². The normalized spacial score (nSPS) is 16.2. The fraction of sp³-hybridized carbons (Fsp3) is 0.600. The van der Waals surface area contributed by atoms with Gasteiger partial charge in [-0.05, 0) is 19.9 Å². The molecule has 0 aromatic carbocycles. The van der Waals surface area contributed by atoms with Crippen LogP contribution in [0.1, 0.15) is 17.0 Å². The number of piperazine rings is 1. The van der Waals surface area contributed by atoms with E-state index < -0.39 is 0 Å². The van der Waals surface area contributed by atoms with Crippen LogP contribution in [0.4, 0.5) is 5.69 Å². The van der Waals surface area contributed by atoms with E-state index in [9.17, 15) is 5.26 Å². The minimum absolute atomic E-state index is 0.709. The summed E-state index contributed by atoms with van der Waals surface area (Å²) >= 11 is 0. The second-order valence-electron chi connectivity index (χ2n) is 5.18. The van der Waals surface area contributed by atoms with Crippen molar-refractivity contribution in [2.24, 2.45) is 0 Å². The van der Waals surface area contributed by atoms with E-state index in [2.05, 4.69) is 20.9 Å². The average Bonchev–Trinajstić information content (AvgIpc) is 2.45. The summed E-state index contributed by atoms with van der Waals surface area (Å²) in [5.41, 5.74) is 3.53. The monoisotopic (exact) mass is 274 g/mol. The highest BCUT2D eigenvalue weighted by molar-refractivity contribution is 5.61. The maximum absolute atomic E-state index is 9.35.